The third kappa shape index (κ3) is 16.9. The normalized spacial score (nSPS) is 11.7. The Morgan fingerprint density at radius 3 is 1.98 bits per heavy atom. The zero-order valence-electron chi connectivity index (χ0n) is 28.7. The number of benzene rings is 1. The van der Waals surface area contributed by atoms with Gasteiger partial charge in [0.1, 0.15) is 5.82 Å². The van der Waals surface area contributed by atoms with Crippen LogP contribution >= 0.6 is 0 Å². The molecule has 9 heteroatoms. The fourth-order valence-electron chi connectivity index (χ4n) is 3.30. The van der Waals surface area contributed by atoms with Gasteiger partial charge in [-0.2, -0.15) is 0 Å². The van der Waals surface area contributed by atoms with Crippen LogP contribution in [0.3, 0.4) is 0 Å². The Balaban J connectivity index is -0.000000605. The van der Waals surface area contributed by atoms with Gasteiger partial charge in [0.05, 0.1) is 11.3 Å². The lowest BCUT2D eigenvalue weighted by molar-refractivity contribution is -0.113. The summed E-state index contributed by atoms with van der Waals surface area (Å²) in [6.07, 6.45) is 4.93. The summed E-state index contributed by atoms with van der Waals surface area (Å²) < 4.78 is 13.4. The minimum Gasteiger partial charge on any atom is -0.396 e. The zero-order valence-corrected chi connectivity index (χ0v) is 28.7. The van der Waals surface area contributed by atoms with E-state index in [2.05, 4.69) is 55.0 Å². The standard InChI is InChI=1S/C17H17FN2O.C7H11NO.C4H11N.C2H5NO.2C2H6/c1-4-12-9(2)16(19-10(12)3)8-14-13-7-11(18)5-6-15(13)20-17(14)21;1-5(2)4-7(8)6(3)9;1-4-5(2)3;1-3-2-4;2*1-2/h5-8,19H,4H2,1-3H3,(H,20,21);4H,1,8H2,2-3H3;4H2,1-3H3;2H,1H3,(H,3,4);2*1-2H3/b14-8-;7-4+;;;;. The highest BCUT2D eigenvalue weighted by Gasteiger charge is 2.25. The van der Waals surface area contributed by atoms with Crippen LogP contribution in [-0.4, -0.2) is 55.7 Å². The number of carbonyl (C=O) groups excluding carboxylic acids is 3. The lowest BCUT2D eigenvalue weighted by Gasteiger charge is -2.00. The van der Waals surface area contributed by atoms with Gasteiger partial charge in [0.25, 0.3) is 5.91 Å². The summed E-state index contributed by atoms with van der Waals surface area (Å²) in [5.41, 5.74) is 12.5. The summed E-state index contributed by atoms with van der Waals surface area (Å²) in [5, 5.41) is 5.01. The lowest BCUT2D eigenvalue weighted by Crippen LogP contribution is -2.08. The van der Waals surface area contributed by atoms with Crippen molar-refractivity contribution in [3.05, 3.63) is 76.0 Å². The minimum absolute atomic E-state index is 0.113. The second-order valence-electron chi connectivity index (χ2n) is 9.13. The first-order chi connectivity index (χ1) is 20.2. The van der Waals surface area contributed by atoms with E-state index < -0.39 is 0 Å². The zero-order chi connectivity index (χ0) is 34.3. The van der Waals surface area contributed by atoms with Crippen molar-refractivity contribution in [3.8, 4) is 0 Å². The lowest BCUT2D eigenvalue weighted by atomic mass is 10.0. The third-order valence-corrected chi connectivity index (χ3v) is 5.60. The smallest absolute Gasteiger partial charge is 0.256 e. The van der Waals surface area contributed by atoms with E-state index in [4.69, 9.17) is 10.5 Å². The van der Waals surface area contributed by atoms with Crippen molar-refractivity contribution in [3.63, 3.8) is 0 Å². The van der Waals surface area contributed by atoms with Gasteiger partial charge in [-0.05, 0) is 89.3 Å². The van der Waals surface area contributed by atoms with Gasteiger partial charge in [0.15, 0.2) is 5.78 Å². The predicted octanol–water partition coefficient (Wildman–Crippen LogP) is 6.80. The number of rotatable bonds is 6. The Kier molecular flexibility index (Phi) is 24.9. The number of hydrogen-bond acceptors (Lipinski definition) is 5. The maximum Gasteiger partial charge on any atom is 0.256 e. The number of halogens is 1. The topological polar surface area (TPSA) is 120 Å². The molecule has 0 atom stereocenters. The van der Waals surface area contributed by atoms with Gasteiger partial charge >= 0.3 is 0 Å². The number of aromatic nitrogens is 1. The molecule has 1 aromatic heterocycles. The van der Waals surface area contributed by atoms with Gasteiger partial charge < -0.3 is 26.3 Å². The molecular weight excluding hydrogens is 545 g/mol. The Hall–Kier alpha value is -3.98. The average molecular weight is 602 g/mol. The van der Waals surface area contributed by atoms with Crippen molar-refractivity contribution >= 4 is 35.4 Å². The van der Waals surface area contributed by atoms with Crippen LogP contribution in [0.4, 0.5) is 10.1 Å². The number of nitrogens with one attached hydrogen (secondary N) is 3. The summed E-state index contributed by atoms with van der Waals surface area (Å²) in [6, 6.07) is 4.33. The Bertz CT molecular complexity index is 1210. The second-order valence-corrected chi connectivity index (χ2v) is 9.13. The van der Waals surface area contributed by atoms with E-state index in [-0.39, 0.29) is 23.2 Å². The molecule has 43 heavy (non-hydrogen) atoms. The molecule has 5 N–H and O–H groups in total. The van der Waals surface area contributed by atoms with Crippen LogP contribution in [0.25, 0.3) is 11.6 Å². The Morgan fingerprint density at radius 1 is 1.12 bits per heavy atom. The quantitative estimate of drug-likeness (QED) is 0.165. The number of fused-ring (bicyclic) bond motifs is 1. The Labute approximate surface area is 259 Å². The van der Waals surface area contributed by atoms with E-state index in [1.54, 1.807) is 26.1 Å². The third-order valence-electron chi connectivity index (χ3n) is 5.60. The molecule has 0 fully saturated rings. The van der Waals surface area contributed by atoms with Crippen molar-refractivity contribution < 1.29 is 18.8 Å². The highest BCUT2D eigenvalue weighted by molar-refractivity contribution is 6.34. The minimum atomic E-state index is -0.343. The van der Waals surface area contributed by atoms with E-state index in [0.717, 1.165) is 35.5 Å². The van der Waals surface area contributed by atoms with Crippen LogP contribution < -0.4 is 16.4 Å². The molecule has 0 spiro atoms. The molecule has 0 saturated carbocycles. The summed E-state index contributed by atoms with van der Waals surface area (Å²) in [7, 11) is 5.67. The first kappa shape index (κ1) is 43.5. The molecule has 8 nitrogen and oxygen atoms in total. The first-order valence-corrected chi connectivity index (χ1v) is 14.6. The van der Waals surface area contributed by atoms with E-state index >= 15 is 0 Å². The molecule has 0 aliphatic carbocycles. The fourth-order valence-corrected chi connectivity index (χ4v) is 3.30. The molecule has 0 bridgehead atoms. The van der Waals surface area contributed by atoms with Crippen LogP contribution in [0, 0.1) is 19.7 Å². The molecule has 2 aromatic rings. The number of carbonyl (C=O) groups is 3. The number of H-pyrrole nitrogens is 1. The number of Topliss-reactive ketones (excluding diaryl/α,β-unsaturated/α-hetero) is 1. The molecule has 2 amide bonds. The predicted molar refractivity (Wildman–Crippen MR) is 182 cm³/mol. The number of nitrogens with zero attached hydrogens (tertiary/aromatic N) is 1. The van der Waals surface area contributed by atoms with Crippen LogP contribution in [0.2, 0.25) is 0 Å². The monoisotopic (exact) mass is 601 g/mol. The molecule has 1 aromatic carbocycles. The highest BCUT2D eigenvalue weighted by atomic mass is 19.1. The number of hydrogen-bond donors (Lipinski definition) is 4. The van der Waals surface area contributed by atoms with E-state index in [0.29, 0.717) is 23.2 Å². The molecule has 242 valence electrons. The van der Waals surface area contributed by atoms with Crippen molar-refractivity contribution in [1.29, 1.82) is 0 Å². The molecular formula is C34H56FN5O3. The second kappa shape index (κ2) is 24.6. The van der Waals surface area contributed by atoms with Crippen molar-refractivity contribution in [1.82, 2.24) is 15.2 Å². The van der Waals surface area contributed by atoms with Crippen molar-refractivity contribution in [2.24, 2.45) is 5.73 Å². The van der Waals surface area contributed by atoms with Crippen molar-refractivity contribution in [2.45, 2.75) is 75.7 Å². The average Bonchev–Trinajstić information content (AvgIpc) is 3.44. The summed E-state index contributed by atoms with van der Waals surface area (Å²) >= 11 is 0. The Morgan fingerprint density at radius 2 is 1.63 bits per heavy atom. The molecule has 1 aliphatic rings. The largest absolute Gasteiger partial charge is 0.396 e. The van der Waals surface area contributed by atoms with Crippen molar-refractivity contribution in [2.75, 3.05) is 33.0 Å². The summed E-state index contributed by atoms with van der Waals surface area (Å²) in [5.74, 6) is -0.650. The van der Waals surface area contributed by atoms with E-state index in [1.165, 1.54) is 24.6 Å². The molecule has 3 rings (SSSR count). The van der Waals surface area contributed by atoms with Gasteiger partial charge in [-0.15, -0.1) is 0 Å². The molecule has 0 radical (unpaired) electrons. The summed E-state index contributed by atoms with van der Waals surface area (Å²) in [6.45, 7) is 24.2. The van der Waals surface area contributed by atoms with Gasteiger partial charge in [-0.3, -0.25) is 14.4 Å². The molecule has 0 unspecified atom stereocenters. The van der Waals surface area contributed by atoms with E-state index in [1.807, 2.05) is 47.6 Å². The number of allylic oxidation sites excluding steroid dienone is 3. The SMILES string of the molecule is C=C(C)/C=C(/N)C(C)=O.CC.CC.CCN(C)C.CCc1c(C)[nH]c(/C=C2\C(=O)Nc3ccc(F)cc32)c1C.CNC=O. The number of aromatic amines is 1. The van der Waals surface area contributed by atoms with E-state index in [9.17, 15) is 14.0 Å². The van der Waals surface area contributed by atoms with Gasteiger partial charge in [-0.1, -0.05) is 53.7 Å². The molecule has 1 aliphatic heterocycles. The van der Waals surface area contributed by atoms with Gasteiger partial charge in [-0.25, -0.2) is 4.39 Å². The fraction of sp³-hybridized carbons (Fsp3) is 0.441. The molecule has 2 heterocycles. The molecule has 0 saturated heterocycles. The van der Waals surface area contributed by atoms with Crippen LogP contribution in [0.5, 0.6) is 0 Å². The number of amides is 2. The van der Waals surface area contributed by atoms with Gasteiger partial charge in [0, 0.05) is 36.6 Å². The van der Waals surface area contributed by atoms with Crippen LogP contribution in [0.1, 0.15) is 83.5 Å². The maximum atomic E-state index is 13.4. The number of ketones is 1. The van der Waals surface area contributed by atoms with Crippen LogP contribution in [0.15, 0.2) is 42.1 Å². The first-order valence-electron chi connectivity index (χ1n) is 14.6. The van der Waals surface area contributed by atoms with Crippen LogP contribution in [-0.2, 0) is 20.8 Å². The summed E-state index contributed by atoms with van der Waals surface area (Å²) in [4.78, 5) is 37.0. The maximum absolute atomic E-state index is 13.4. The number of nitrogens with two attached hydrogens (primary N) is 1. The van der Waals surface area contributed by atoms with Gasteiger partial charge in [0.2, 0.25) is 6.41 Å². The highest BCUT2D eigenvalue weighted by Crippen LogP contribution is 2.34. The number of anilines is 1. The number of aryl methyl sites for hydroxylation is 1.